The summed E-state index contributed by atoms with van der Waals surface area (Å²) in [4.78, 5) is 25.5. The molecule has 3 heterocycles. The van der Waals surface area contributed by atoms with Gasteiger partial charge in [-0.05, 0) is 13.3 Å². The summed E-state index contributed by atoms with van der Waals surface area (Å²) in [6.07, 6.45) is 0.791. The van der Waals surface area contributed by atoms with Crippen LogP contribution in [0.3, 0.4) is 0 Å². The van der Waals surface area contributed by atoms with Crippen LogP contribution in [0.4, 0.5) is 14.6 Å². The number of hydrogen-bond donors (Lipinski definition) is 0. The van der Waals surface area contributed by atoms with E-state index in [0.717, 1.165) is 18.6 Å². The molecule has 31 heavy (non-hydrogen) atoms. The van der Waals surface area contributed by atoms with Gasteiger partial charge in [0.1, 0.15) is 0 Å². The normalized spacial score (nSPS) is 19.2. The Balaban J connectivity index is 1.62. The van der Waals surface area contributed by atoms with Crippen LogP contribution in [0.25, 0.3) is 11.0 Å². The highest BCUT2D eigenvalue weighted by molar-refractivity contribution is 5.79. The van der Waals surface area contributed by atoms with E-state index in [1.807, 2.05) is 30.6 Å². The van der Waals surface area contributed by atoms with Crippen molar-refractivity contribution in [2.75, 3.05) is 44.4 Å². The molecule has 1 atom stereocenters. The van der Waals surface area contributed by atoms with E-state index in [0.29, 0.717) is 51.2 Å². The number of anilines is 1. The third-order valence-electron chi connectivity index (χ3n) is 5.84. The number of fused-ring (bicyclic) bond motifs is 1. The Labute approximate surface area is 180 Å². The van der Waals surface area contributed by atoms with Gasteiger partial charge in [-0.1, -0.05) is 13.8 Å². The third kappa shape index (κ3) is 4.42. The number of aromatic nitrogens is 2. The van der Waals surface area contributed by atoms with Crippen LogP contribution in [0.2, 0.25) is 0 Å². The van der Waals surface area contributed by atoms with Gasteiger partial charge in [-0.25, -0.2) is 18.7 Å². The Morgan fingerprint density at radius 2 is 1.94 bits per heavy atom. The lowest BCUT2D eigenvalue weighted by molar-refractivity contribution is -0.136. The zero-order chi connectivity index (χ0) is 22.1. The summed E-state index contributed by atoms with van der Waals surface area (Å²) >= 11 is 0. The number of nitrogens with zero attached hydrogens (tertiary/aromatic N) is 4. The van der Waals surface area contributed by atoms with Crippen molar-refractivity contribution in [3.05, 3.63) is 23.8 Å². The maximum atomic E-state index is 13.8. The Kier molecular flexibility index (Phi) is 6.22. The largest absolute Gasteiger partial charge is 0.475 e. The monoisotopic (exact) mass is 434 g/mol. The Hall–Kier alpha value is -2.55. The number of amides is 1. The van der Waals surface area contributed by atoms with E-state index in [9.17, 15) is 13.6 Å². The topological polar surface area (TPSA) is 67.8 Å². The molecule has 2 aromatic rings. The highest BCUT2D eigenvalue weighted by Gasteiger charge is 2.33. The fraction of sp³-hybridized carbons (Fsp3) is 0.591. The highest BCUT2D eigenvalue weighted by atomic mass is 19.2. The quantitative estimate of drug-likeness (QED) is 0.668. The van der Waals surface area contributed by atoms with Crippen molar-refractivity contribution >= 4 is 22.8 Å². The summed E-state index contributed by atoms with van der Waals surface area (Å²) in [7, 11) is 0. The molecule has 0 saturated carbocycles. The van der Waals surface area contributed by atoms with Gasteiger partial charge in [-0.15, -0.1) is 0 Å². The zero-order valence-electron chi connectivity index (χ0n) is 18.1. The van der Waals surface area contributed by atoms with Crippen LogP contribution in [-0.4, -0.2) is 66.3 Å². The molecule has 168 valence electrons. The minimum atomic E-state index is -0.972. The molecular weight excluding hydrogens is 406 g/mol. The molecule has 0 unspecified atom stereocenters. The van der Waals surface area contributed by atoms with E-state index < -0.39 is 11.6 Å². The van der Waals surface area contributed by atoms with Crippen LogP contribution in [0.15, 0.2) is 12.1 Å². The number of benzene rings is 1. The van der Waals surface area contributed by atoms with Crippen LogP contribution >= 0.6 is 0 Å². The van der Waals surface area contributed by atoms with Gasteiger partial charge < -0.3 is 19.3 Å². The molecule has 0 bridgehead atoms. The summed E-state index contributed by atoms with van der Waals surface area (Å²) in [5, 5.41) is 0. The minimum absolute atomic E-state index is 0.0511. The van der Waals surface area contributed by atoms with Crippen molar-refractivity contribution in [2.24, 2.45) is 11.8 Å². The van der Waals surface area contributed by atoms with Gasteiger partial charge in [0.25, 0.3) is 5.88 Å². The molecule has 0 N–H and O–H groups in total. The minimum Gasteiger partial charge on any atom is -0.475 e. The molecular formula is C22H28F2N4O3. The predicted molar refractivity (Wildman–Crippen MR) is 112 cm³/mol. The summed E-state index contributed by atoms with van der Waals surface area (Å²) in [5.41, 5.74) is 0.505. The molecule has 9 heteroatoms. The summed E-state index contributed by atoms with van der Waals surface area (Å²) in [6, 6.07) is 2.14. The van der Waals surface area contributed by atoms with Crippen molar-refractivity contribution < 1.29 is 23.0 Å². The molecule has 2 fully saturated rings. The fourth-order valence-electron chi connectivity index (χ4n) is 4.02. The second kappa shape index (κ2) is 8.90. The van der Waals surface area contributed by atoms with Gasteiger partial charge >= 0.3 is 0 Å². The van der Waals surface area contributed by atoms with E-state index in [2.05, 4.69) is 9.97 Å². The van der Waals surface area contributed by atoms with E-state index in [1.165, 1.54) is 0 Å². The first-order valence-electron chi connectivity index (χ1n) is 10.8. The van der Waals surface area contributed by atoms with E-state index in [-0.39, 0.29) is 34.8 Å². The van der Waals surface area contributed by atoms with Crippen LogP contribution < -0.4 is 9.64 Å². The lowest BCUT2D eigenvalue weighted by atomic mass is 10.1. The van der Waals surface area contributed by atoms with Crippen molar-refractivity contribution in [2.45, 2.75) is 33.2 Å². The number of rotatable bonds is 7. The molecule has 1 amide bonds. The molecule has 4 rings (SSSR count). The average Bonchev–Trinajstić information content (AvgIpc) is 3.17. The van der Waals surface area contributed by atoms with Crippen LogP contribution in [-0.2, 0) is 9.53 Å². The van der Waals surface area contributed by atoms with Crippen molar-refractivity contribution in [3.63, 3.8) is 0 Å². The molecule has 2 aliphatic rings. The lowest BCUT2D eigenvalue weighted by Crippen LogP contribution is -2.44. The molecule has 1 aromatic heterocycles. The highest BCUT2D eigenvalue weighted by Crippen LogP contribution is 2.32. The average molecular weight is 434 g/mol. The van der Waals surface area contributed by atoms with E-state index in [1.54, 1.807) is 0 Å². The number of carbonyl (C=O) groups is 1. The Morgan fingerprint density at radius 1 is 1.26 bits per heavy atom. The van der Waals surface area contributed by atoms with Crippen molar-refractivity contribution in [1.82, 2.24) is 14.9 Å². The second-order valence-corrected chi connectivity index (χ2v) is 8.49. The van der Waals surface area contributed by atoms with Gasteiger partial charge in [0.05, 0.1) is 36.9 Å². The van der Waals surface area contributed by atoms with Crippen LogP contribution in [0.1, 0.15) is 27.2 Å². The summed E-state index contributed by atoms with van der Waals surface area (Å²) in [5.74, 6) is -0.819. The van der Waals surface area contributed by atoms with Gasteiger partial charge in [-0.3, -0.25) is 4.79 Å². The molecule has 7 nitrogen and oxygen atoms in total. The van der Waals surface area contributed by atoms with Gasteiger partial charge in [0.2, 0.25) is 5.91 Å². The molecule has 0 aliphatic carbocycles. The number of halogens is 2. The molecule has 0 radical (unpaired) electrons. The number of likely N-dealkylation sites (N-methyl/N-ethyl adjacent to an activating group) is 1. The van der Waals surface area contributed by atoms with Crippen molar-refractivity contribution in [1.29, 1.82) is 0 Å². The Bertz CT molecular complexity index is 967. The first-order valence-corrected chi connectivity index (χ1v) is 10.8. The Morgan fingerprint density at radius 3 is 2.52 bits per heavy atom. The first kappa shape index (κ1) is 21.7. The smallest absolute Gasteiger partial charge is 0.258 e. The van der Waals surface area contributed by atoms with Crippen LogP contribution in [0.5, 0.6) is 5.88 Å². The maximum Gasteiger partial charge on any atom is 0.258 e. The van der Waals surface area contributed by atoms with E-state index in [4.69, 9.17) is 9.47 Å². The van der Waals surface area contributed by atoms with Gasteiger partial charge in [0.15, 0.2) is 17.5 Å². The molecule has 2 aliphatic heterocycles. The maximum absolute atomic E-state index is 13.8. The predicted octanol–water partition coefficient (Wildman–Crippen LogP) is 3.02. The lowest BCUT2D eigenvalue weighted by Gasteiger charge is -2.30. The molecule has 2 saturated heterocycles. The summed E-state index contributed by atoms with van der Waals surface area (Å²) in [6.45, 7) is 9.33. The third-order valence-corrected chi connectivity index (χ3v) is 5.84. The fourth-order valence-corrected chi connectivity index (χ4v) is 4.02. The van der Waals surface area contributed by atoms with Crippen LogP contribution in [0, 0.1) is 23.5 Å². The number of ether oxygens (including phenoxy) is 2. The van der Waals surface area contributed by atoms with Crippen molar-refractivity contribution in [3.8, 4) is 5.88 Å². The molecule has 1 aromatic carbocycles. The molecule has 0 spiro atoms. The summed E-state index contributed by atoms with van der Waals surface area (Å²) < 4.78 is 38.7. The standard InChI is InChI=1S/C22H28F2N4O3/c1-4-28(22(29)13(2)3)15-5-6-27(9-15)20-21(31-12-14-10-30-11-14)26-19-8-17(24)16(23)7-18(19)25-20/h7-8,13-15H,4-6,9-12H2,1-3H3/t15-/m0/s1. The number of hydrogen-bond acceptors (Lipinski definition) is 6. The SMILES string of the molecule is CCN(C(=O)C(C)C)[C@H]1CCN(c2nc3cc(F)c(F)cc3nc2OCC2COC2)C1. The van der Waals surface area contributed by atoms with Gasteiger partial charge in [-0.2, -0.15) is 0 Å². The van der Waals surface area contributed by atoms with E-state index >= 15 is 0 Å². The van der Waals surface area contributed by atoms with Gasteiger partial charge in [0, 0.05) is 43.6 Å². The first-order chi connectivity index (χ1) is 14.9. The zero-order valence-corrected chi connectivity index (χ0v) is 18.1. The number of carbonyl (C=O) groups excluding carboxylic acids is 1. The second-order valence-electron chi connectivity index (χ2n) is 8.49.